The van der Waals surface area contributed by atoms with Crippen LogP contribution in [0.3, 0.4) is 0 Å². The van der Waals surface area contributed by atoms with Crippen LogP contribution in [-0.2, 0) is 14.8 Å². The van der Waals surface area contributed by atoms with Crippen LogP contribution in [0.5, 0.6) is 0 Å². The Morgan fingerprint density at radius 2 is 2.19 bits per heavy atom. The summed E-state index contributed by atoms with van der Waals surface area (Å²) in [7, 11) is -3.45. The van der Waals surface area contributed by atoms with Gasteiger partial charge in [0.05, 0.1) is 35.9 Å². The molecular weight excluding hydrogens is 448 g/mol. The number of rotatable bonds is 5. The van der Waals surface area contributed by atoms with Crippen molar-refractivity contribution in [1.82, 2.24) is 19.9 Å². The van der Waals surface area contributed by atoms with E-state index in [1.807, 2.05) is 30.6 Å². The summed E-state index contributed by atoms with van der Waals surface area (Å²) in [4.78, 5) is 19.6. The number of hydrogen-bond donors (Lipinski definition) is 1. The highest BCUT2D eigenvalue weighted by Gasteiger charge is 2.28. The molecule has 11 heteroatoms. The molecule has 0 amide bonds. The van der Waals surface area contributed by atoms with Crippen LogP contribution in [0.15, 0.2) is 29.9 Å². The van der Waals surface area contributed by atoms with Gasteiger partial charge in [-0.25, -0.2) is 23.4 Å². The summed E-state index contributed by atoms with van der Waals surface area (Å²) < 4.78 is 32.9. The van der Waals surface area contributed by atoms with Crippen molar-refractivity contribution in [3.8, 4) is 11.4 Å². The van der Waals surface area contributed by atoms with Crippen molar-refractivity contribution < 1.29 is 13.2 Å². The van der Waals surface area contributed by atoms with Crippen LogP contribution in [0.4, 0.5) is 11.5 Å². The summed E-state index contributed by atoms with van der Waals surface area (Å²) in [6, 6.07) is 3.98. The number of morpholine rings is 1. The molecule has 168 valence electrons. The normalized spacial score (nSPS) is 17.3. The standard InChI is InChI=1S/C21H24N6O3S2/c1-4-27(32(3,28)29)16-12-31-18-17(16)24-20(15-6-8-23-19-14(15)5-7-22-19)25-21(18)26-9-10-30-11-13(26)2/h5-8,12-13H,4,9-11H2,1-3H3,(H,22,23)/t13-/m1/s1. The largest absolute Gasteiger partial charge is 0.377 e. The molecule has 0 aromatic carbocycles. The molecule has 4 aromatic heterocycles. The lowest BCUT2D eigenvalue weighted by molar-refractivity contribution is 0.0987. The van der Waals surface area contributed by atoms with Gasteiger partial charge in [0, 0.05) is 41.8 Å². The van der Waals surface area contributed by atoms with Gasteiger partial charge in [0.1, 0.15) is 11.2 Å². The Bertz CT molecular complexity index is 1400. The lowest BCUT2D eigenvalue weighted by atomic mass is 10.1. The Kier molecular flexibility index (Phi) is 5.26. The van der Waals surface area contributed by atoms with Crippen molar-refractivity contribution >= 4 is 54.1 Å². The molecule has 1 N–H and O–H groups in total. The average Bonchev–Trinajstić information content (AvgIpc) is 3.40. The van der Waals surface area contributed by atoms with E-state index in [0.29, 0.717) is 43.3 Å². The van der Waals surface area contributed by atoms with Crippen molar-refractivity contribution in [2.75, 3.05) is 41.8 Å². The quantitative estimate of drug-likeness (QED) is 0.475. The van der Waals surface area contributed by atoms with Gasteiger partial charge in [-0.2, -0.15) is 0 Å². The van der Waals surface area contributed by atoms with E-state index in [1.165, 1.54) is 21.9 Å². The minimum Gasteiger partial charge on any atom is -0.377 e. The van der Waals surface area contributed by atoms with Crippen molar-refractivity contribution in [2.45, 2.75) is 19.9 Å². The van der Waals surface area contributed by atoms with Crippen molar-refractivity contribution in [1.29, 1.82) is 0 Å². The lowest BCUT2D eigenvalue weighted by Crippen LogP contribution is -2.44. The van der Waals surface area contributed by atoms with Gasteiger partial charge in [-0.05, 0) is 26.0 Å². The van der Waals surface area contributed by atoms with Crippen LogP contribution in [0, 0.1) is 0 Å². The number of aromatic amines is 1. The predicted molar refractivity (Wildman–Crippen MR) is 128 cm³/mol. The molecule has 1 aliphatic heterocycles. The maximum absolute atomic E-state index is 12.5. The van der Waals surface area contributed by atoms with Crippen LogP contribution in [0.2, 0.25) is 0 Å². The molecule has 1 saturated heterocycles. The SMILES string of the molecule is CCN(c1csc2c(N3CCOC[C@H]3C)nc(-c3ccnc4[nH]ccc34)nc12)S(C)(=O)=O. The molecule has 4 aromatic rings. The summed E-state index contributed by atoms with van der Waals surface area (Å²) in [5.41, 5.74) is 2.82. The fourth-order valence-electron chi connectivity index (χ4n) is 4.16. The molecule has 0 saturated carbocycles. The van der Waals surface area contributed by atoms with E-state index >= 15 is 0 Å². The molecule has 5 rings (SSSR count). The smallest absolute Gasteiger partial charge is 0.232 e. The van der Waals surface area contributed by atoms with Gasteiger partial charge >= 0.3 is 0 Å². The van der Waals surface area contributed by atoms with Crippen LogP contribution in [-0.4, -0.2) is 67.0 Å². The number of nitrogens with zero attached hydrogens (tertiary/aromatic N) is 5. The zero-order valence-electron chi connectivity index (χ0n) is 18.1. The second-order valence-electron chi connectivity index (χ2n) is 7.81. The molecule has 1 aliphatic rings. The van der Waals surface area contributed by atoms with E-state index in [0.717, 1.165) is 27.1 Å². The van der Waals surface area contributed by atoms with Gasteiger partial charge in [-0.1, -0.05) is 0 Å². The molecule has 32 heavy (non-hydrogen) atoms. The Morgan fingerprint density at radius 1 is 1.34 bits per heavy atom. The van der Waals surface area contributed by atoms with Crippen LogP contribution < -0.4 is 9.21 Å². The summed E-state index contributed by atoms with van der Waals surface area (Å²) in [5, 5.41) is 2.78. The van der Waals surface area contributed by atoms with Crippen molar-refractivity contribution in [2.24, 2.45) is 0 Å². The second kappa shape index (κ2) is 7.98. The first-order valence-corrected chi connectivity index (χ1v) is 13.1. The highest BCUT2D eigenvalue weighted by atomic mass is 32.2. The van der Waals surface area contributed by atoms with Gasteiger partial charge in [0.25, 0.3) is 0 Å². The highest BCUT2D eigenvalue weighted by molar-refractivity contribution is 7.92. The second-order valence-corrected chi connectivity index (χ2v) is 10.6. The Morgan fingerprint density at radius 3 is 2.94 bits per heavy atom. The maximum atomic E-state index is 12.5. The van der Waals surface area contributed by atoms with Crippen LogP contribution in [0.25, 0.3) is 32.6 Å². The number of pyridine rings is 1. The Hall–Kier alpha value is -2.76. The van der Waals surface area contributed by atoms with E-state index in [-0.39, 0.29) is 6.04 Å². The summed E-state index contributed by atoms with van der Waals surface area (Å²) in [5.74, 6) is 1.35. The van der Waals surface area contributed by atoms with Gasteiger partial charge < -0.3 is 14.6 Å². The number of nitrogens with one attached hydrogen (secondary N) is 1. The molecule has 0 spiro atoms. The lowest BCUT2D eigenvalue weighted by Gasteiger charge is -2.34. The fourth-order valence-corrected chi connectivity index (χ4v) is 6.20. The van der Waals surface area contributed by atoms with Crippen LogP contribution >= 0.6 is 11.3 Å². The molecule has 9 nitrogen and oxygen atoms in total. The Balaban J connectivity index is 1.79. The minimum absolute atomic E-state index is 0.141. The van der Waals surface area contributed by atoms with Gasteiger partial charge in [0.15, 0.2) is 11.6 Å². The Labute approximate surface area is 190 Å². The van der Waals surface area contributed by atoms with Gasteiger partial charge in [-0.15, -0.1) is 11.3 Å². The van der Waals surface area contributed by atoms with Crippen LogP contribution in [0.1, 0.15) is 13.8 Å². The molecule has 0 unspecified atom stereocenters. The zero-order valence-corrected chi connectivity index (χ0v) is 19.7. The molecule has 0 radical (unpaired) electrons. The van der Waals surface area contributed by atoms with E-state index in [9.17, 15) is 8.42 Å². The first-order valence-electron chi connectivity index (χ1n) is 10.4. The maximum Gasteiger partial charge on any atom is 0.232 e. The first kappa shape index (κ1) is 21.1. The van der Waals surface area contributed by atoms with Crippen molar-refractivity contribution in [3.05, 3.63) is 29.9 Å². The van der Waals surface area contributed by atoms with Crippen molar-refractivity contribution in [3.63, 3.8) is 0 Å². The molecule has 1 atom stereocenters. The summed E-state index contributed by atoms with van der Waals surface area (Å²) >= 11 is 1.47. The molecule has 5 heterocycles. The molecular formula is C21H24N6O3S2. The number of hydrogen-bond acceptors (Lipinski definition) is 8. The number of fused-ring (bicyclic) bond motifs is 2. The van der Waals surface area contributed by atoms with E-state index in [2.05, 4.69) is 21.8 Å². The third kappa shape index (κ3) is 3.50. The van der Waals surface area contributed by atoms with Gasteiger partial charge in [-0.3, -0.25) is 4.31 Å². The number of ether oxygens (including phenoxy) is 1. The number of aromatic nitrogens is 4. The number of H-pyrrole nitrogens is 1. The number of thiophene rings is 1. The fraction of sp³-hybridized carbons (Fsp3) is 0.381. The van der Waals surface area contributed by atoms with Gasteiger partial charge in [0.2, 0.25) is 10.0 Å². The molecule has 0 bridgehead atoms. The zero-order chi connectivity index (χ0) is 22.5. The molecule has 1 fully saturated rings. The predicted octanol–water partition coefficient (Wildman–Crippen LogP) is 3.25. The minimum atomic E-state index is -3.45. The van der Waals surface area contributed by atoms with E-state index in [1.54, 1.807) is 6.20 Å². The topological polar surface area (TPSA) is 104 Å². The average molecular weight is 473 g/mol. The molecule has 0 aliphatic carbocycles. The van der Waals surface area contributed by atoms with E-state index < -0.39 is 10.0 Å². The number of anilines is 2. The highest BCUT2D eigenvalue weighted by Crippen LogP contribution is 2.40. The first-order chi connectivity index (χ1) is 15.4. The third-order valence-electron chi connectivity index (χ3n) is 5.68. The van der Waals surface area contributed by atoms with E-state index in [4.69, 9.17) is 14.7 Å². The number of sulfonamides is 1. The summed E-state index contributed by atoms with van der Waals surface area (Å²) in [6.07, 6.45) is 4.78. The third-order valence-corrected chi connectivity index (χ3v) is 7.88. The monoisotopic (exact) mass is 472 g/mol. The summed E-state index contributed by atoms with van der Waals surface area (Å²) in [6.45, 7) is 6.19.